The van der Waals surface area contributed by atoms with Crippen molar-refractivity contribution in [2.24, 2.45) is 5.16 Å². The first kappa shape index (κ1) is 18.4. The topological polar surface area (TPSA) is 77.4 Å². The number of rotatable bonds is 6. The minimum absolute atomic E-state index is 0.0829. The van der Waals surface area contributed by atoms with Crippen LogP contribution in [0.4, 0.5) is 0 Å². The third-order valence-electron chi connectivity index (χ3n) is 3.17. The number of esters is 1. The smallest absolute Gasteiger partial charge is 0.336 e. The van der Waals surface area contributed by atoms with E-state index in [0.717, 1.165) is 5.56 Å². The van der Waals surface area contributed by atoms with Crippen LogP contribution in [0, 0.1) is 0 Å². The molecule has 0 aliphatic heterocycles. The number of hydrogen-bond acceptors (Lipinski definition) is 6. The maximum atomic E-state index is 12.1. The molecule has 0 spiro atoms. The molecule has 6 nitrogen and oxygen atoms in total. The lowest BCUT2D eigenvalue weighted by Crippen LogP contribution is -2.06. The third kappa shape index (κ3) is 4.99. The summed E-state index contributed by atoms with van der Waals surface area (Å²) in [5.41, 5.74) is 1.28. The first-order valence-corrected chi connectivity index (χ1v) is 7.54. The molecule has 25 heavy (non-hydrogen) atoms. The Hall–Kier alpha value is -2.99. The quantitative estimate of drug-likeness (QED) is 0.211. The van der Waals surface area contributed by atoms with Gasteiger partial charge in [-0.25, -0.2) is 4.79 Å². The lowest BCUT2D eigenvalue weighted by atomic mass is 10.2. The lowest BCUT2D eigenvalue weighted by molar-refractivity contribution is -0.129. The molecule has 2 aromatic carbocycles. The Labute approximate surface area is 149 Å². The van der Waals surface area contributed by atoms with Crippen LogP contribution in [-0.4, -0.2) is 31.6 Å². The molecule has 0 amide bonds. The fraction of sp³-hybridized carbons (Fsp3) is 0.111. The van der Waals surface area contributed by atoms with E-state index in [1.54, 1.807) is 25.3 Å². The summed E-state index contributed by atoms with van der Waals surface area (Å²) in [6.07, 6.45) is 4.05. The molecule has 0 aliphatic carbocycles. The molecule has 2 aromatic rings. The molecule has 0 atom stereocenters. The monoisotopic (exact) mass is 361 g/mol. The second kappa shape index (κ2) is 8.75. The lowest BCUT2D eigenvalue weighted by Gasteiger charge is -2.10. The molecule has 0 heterocycles. The molecule has 0 saturated carbocycles. The van der Waals surface area contributed by atoms with Gasteiger partial charge in [-0.3, -0.25) is 0 Å². The van der Waals surface area contributed by atoms with Gasteiger partial charge < -0.3 is 19.4 Å². The fourth-order valence-corrected chi connectivity index (χ4v) is 2.28. The van der Waals surface area contributed by atoms with Gasteiger partial charge in [0.25, 0.3) is 0 Å². The number of ether oxygens (including phenoxy) is 3. The zero-order valence-electron chi connectivity index (χ0n) is 13.6. The summed E-state index contributed by atoms with van der Waals surface area (Å²) in [5, 5.41) is 11.7. The van der Waals surface area contributed by atoms with Crippen LogP contribution in [-0.2, 0) is 4.79 Å². The van der Waals surface area contributed by atoms with Gasteiger partial charge in [0.15, 0.2) is 11.5 Å². The Morgan fingerprint density at radius 3 is 2.64 bits per heavy atom. The Morgan fingerprint density at radius 2 is 1.96 bits per heavy atom. The number of halogens is 1. The van der Waals surface area contributed by atoms with Crippen LogP contribution in [0.2, 0.25) is 5.02 Å². The summed E-state index contributed by atoms with van der Waals surface area (Å²) in [7, 11) is 2.98. The number of carbonyl (C=O) groups is 1. The van der Waals surface area contributed by atoms with E-state index in [1.807, 2.05) is 12.1 Å². The molecule has 0 fully saturated rings. The van der Waals surface area contributed by atoms with Crippen molar-refractivity contribution in [2.75, 3.05) is 14.2 Å². The van der Waals surface area contributed by atoms with E-state index in [2.05, 4.69) is 5.16 Å². The van der Waals surface area contributed by atoms with E-state index in [9.17, 15) is 4.79 Å². The molecule has 0 aliphatic rings. The molecule has 130 valence electrons. The molecule has 0 radical (unpaired) electrons. The molecule has 0 unspecified atom stereocenters. The maximum Gasteiger partial charge on any atom is 0.336 e. The summed E-state index contributed by atoms with van der Waals surface area (Å²) in [4.78, 5) is 12.1. The number of benzene rings is 2. The normalized spacial score (nSPS) is 11.0. The van der Waals surface area contributed by atoms with Gasteiger partial charge in [-0.2, -0.15) is 0 Å². The minimum atomic E-state index is -0.619. The summed E-state index contributed by atoms with van der Waals surface area (Å²) in [5.74, 6) is 0.387. The summed E-state index contributed by atoms with van der Waals surface area (Å²) in [6, 6.07) is 10.2. The largest absolute Gasteiger partial charge is 0.497 e. The van der Waals surface area contributed by atoms with E-state index in [0.29, 0.717) is 11.3 Å². The van der Waals surface area contributed by atoms with E-state index < -0.39 is 5.97 Å². The van der Waals surface area contributed by atoms with Gasteiger partial charge in [0.05, 0.1) is 25.5 Å². The Kier molecular flexibility index (Phi) is 6.42. The van der Waals surface area contributed by atoms with Gasteiger partial charge in [-0.05, 0) is 35.9 Å². The van der Waals surface area contributed by atoms with Gasteiger partial charge >= 0.3 is 5.97 Å². The zero-order chi connectivity index (χ0) is 18.2. The van der Waals surface area contributed by atoms with Crippen molar-refractivity contribution in [3.63, 3.8) is 0 Å². The zero-order valence-corrected chi connectivity index (χ0v) is 14.4. The second-order valence-corrected chi connectivity index (χ2v) is 5.22. The van der Waals surface area contributed by atoms with Crippen LogP contribution in [0.25, 0.3) is 6.08 Å². The molecule has 0 saturated heterocycles. The second-order valence-electron chi connectivity index (χ2n) is 4.81. The Bertz CT molecular complexity index is 817. The molecule has 7 heteroatoms. The average molecular weight is 362 g/mol. The predicted molar refractivity (Wildman–Crippen MR) is 95.0 cm³/mol. The van der Waals surface area contributed by atoms with Crippen molar-refractivity contribution in [2.45, 2.75) is 0 Å². The number of nitrogens with zero attached hydrogens (tertiary/aromatic N) is 1. The first-order valence-electron chi connectivity index (χ1n) is 7.16. The van der Waals surface area contributed by atoms with Crippen molar-refractivity contribution >= 4 is 29.9 Å². The standard InChI is InChI=1S/C18H16ClNO5/c1-23-14-5-3-4-12(8-14)6-7-17(21)25-18-15(19)9-13(11-20-22)10-16(18)24-2/h3-11,22H,1-2H3/b7-6+,20-11+. The van der Waals surface area contributed by atoms with E-state index >= 15 is 0 Å². The van der Waals surface area contributed by atoms with Crippen molar-refractivity contribution in [3.05, 3.63) is 58.6 Å². The van der Waals surface area contributed by atoms with Crippen molar-refractivity contribution in [1.82, 2.24) is 0 Å². The van der Waals surface area contributed by atoms with Gasteiger partial charge in [0.1, 0.15) is 5.75 Å². The van der Waals surface area contributed by atoms with Crippen LogP contribution in [0.5, 0.6) is 17.2 Å². The molecular formula is C18H16ClNO5. The third-order valence-corrected chi connectivity index (χ3v) is 3.45. The van der Waals surface area contributed by atoms with Gasteiger partial charge in [-0.15, -0.1) is 0 Å². The SMILES string of the molecule is COc1cccc(/C=C/C(=O)Oc2c(Cl)cc(/C=N/O)cc2OC)c1. The number of hydrogen-bond donors (Lipinski definition) is 1. The first-order chi connectivity index (χ1) is 12.1. The van der Waals surface area contributed by atoms with Crippen molar-refractivity contribution < 1.29 is 24.2 Å². The molecule has 0 aromatic heterocycles. The number of oxime groups is 1. The van der Waals surface area contributed by atoms with Crippen LogP contribution >= 0.6 is 11.6 Å². The fourth-order valence-electron chi connectivity index (χ4n) is 2.02. The highest BCUT2D eigenvalue weighted by Gasteiger charge is 2.14. The molecule has 0 bridgehead atoms. The highest BCUT2D eigenvalue weighted by Crippen LogP contribution is 2.36. The van der Waals surface area contributed by atoms with Crippen molar-refractivity contribution in [1.29, 1.82) is 0 Å². The Balaban J connectivity index is 2.18. The molecular weight excluding hydrogens is 346 g/mol. The van der Waals surface area contributed by atoms with Crippen LogP contribution < -0.4 is 14.2 Å². The maximum absolute atomic E-state index is 12.1. The van der Waals surface area contributed by atoms with Crippen LogP contribution in [0.3, 0.4) is 0 Å². The van der Waals surface area contributed by atoms with Gasteiger partial charge in [0.2, 0.25) is 0 Å². The number of carbonyl (C=O) groups excluding carboxylic acids is 1. The van der Waals surface area contributed by atoms with E-state index in [4.69, 9.17) is 31.0 Å². The highest BCUT2D eigenvalue weighted by molar-refractivity contribution is 6.32. The molecule has 1 N–H and O–H groups in total. The van der Waals surface area contributed by atoms with E-state index in [1.165, 1.54) is 31.5 Å². The predicted octanol–water partition coefficient (Wildman–Crippen LogP) is 3.78. The van der Waals surface area contributed by atoms with Gasteiger partial charge in [0, 0.05) is 11.6 Å². The van der Waals surface area contributed by atoms with Crippen LogP contribution in [0.15, 0.2) is 47.6 Å². The summed E-state index contributed by atoms with van der Waals surface area (Å²) < 4.78 is 15.5. The minimum Gasteiger partial charge on any atom is -0.497 e. The molecule has 2 rings (SSSR count). The Morgan fingerprint density at radius 1 is 1.16 bits per heavy atom. The average Bonchev–Trinajstić information content (AvgIpc) is 2.62. The van der Waals surface area contributed by atoms with E-state index in [-0.39, 0.29) is 16.5 Å². The van der Waals surface area contributed by atoms with Crippen molar-refractivity contribution in [3.8, 4) is 17.2 Å². The number of methoxy groups -OCH3 is 2. The van der Waals surface area contributed by atoms with Crippen LogP contribution in [0.1, 0.15) is 11.1 Å². The van der Waals surface area contributed by atoms with Gasteiger partial charge in [-0.1, -0.05) is 28.9 Å². The highest BCUT2D eigenvalue weighted by atomic mass is 35.5. The summed E-state index contributed by atoms with van der Waals surface area (Å²) in [6.45, 7) is 0. The summed E-state index contributed by atoms with van der Waals surface area (Å²) >= 11 is 6.11.